The predicted molar refractivity (Wildman–Crippen MR) is 132 cm³/mol. The summed E-state index contributed by atoms with van der Waals surface area (Å²) in [4.78, 5) is 42.9. The molecule has 0 radical (unpaired) electrons. The van der Waals surface area contributed by atoms with Crippen molar-refractivity contribution in [3.8, 4) is 0 Å². The standard InChI is InChI=1S/C28H28FN3O3/c1-18(27(34)30-22-8-2-3-9-22)31(16-19-12-14-21(29)15-13-19)25(33)17-32-24-11-5-7-20-6-4-10-23(26(20)24)28(32)35/h4-7,10-15,18,22H,2-3,8-9,16-17H2,1H3,(H,30,34)/t18-/m0/s1. The van der Waals surface area contributed by atoms with Gasteiger partial charge in [-0.1, -0.05) is 49.2 Å². The number of nitrogens with one attached hydrogen (secondary N) is 1. The molecular weight excluding hydrogens is 445 g/mol. The van der Waals surface area contributed by atoms with Gasteiger partial charge in [-0.2, -0.15) is 0 Å². The van der Waals surface area contributed by atoms with Crippen LogP contribution < -0.4 is 10.2 Å². The monoisotopic (exact) mass is 473 g/mol. The van der Waals surface area contributed by atoms with Gasteiger partial charge in [0, 0.05) is 23.5 Å². The van der Waals surface area contributed by atoms with Crippen LogP contribution in [0, 0.1) is 5.82 Å². The second-order valence-electron chi connectivity index (χ2n) is 9.39. The van der Waals surface area contributed by atoms with Crippen molar-refractivity contribution in [3.05, 3.63) is 77.6 Å². The van der Waals surface area contributed by atoms with Gasteiger partial charge in [0.25, 0.3) is 5.91 Å². The van der Waals surface area contributed by atoms with Crippen LogP contribution >= 0.6 is 0 Å². The van der Waals surface area contributed by atoms with E-state index in [1.165, 1.54) is 21.9 Å². The molecule has 180 valence electrons. The van der Waals surface area contributed by atoms with Gasteiger partial charge in [0.05, 0.1) is 5.69 Å². The van der Waals surface area contributed by atoms with Crippen LogP contribution in [0.25, 0.3) is 10.8 Å². The summed E-state index contributed by atoms with van der Waals surface area (Å²) in [6.45, 7) is 1.65. The molecule has 1 fully saturated rings. The van der Waals surface area contributed by atoms with E-state index in [4.69, 9.17) is 0 Å². The van der Waals surface area contributed by atoms with Crippen molar-refractivity contribution in [1.29, 1.82) is 0 Å². The SMILES string of the molecule is C[C@@H](C(=O)NC1CCCC1)N(Cc1ccc(F)cc1)C(=O)CN1C(=O)c2cccc3cccc1c23. The van der Waals surface area contributed by atoms with E-state index >= 15 is 0 Å². The summed E-state index contributed by atoms with van der Waals surface area (Å²) in [6, 6.07) is 16.5. The molecule has 0 aromatic heterocycles. The van der Waals surface area contributed by atoms with Crippen LogP contribution in [-0.2, 0) is 16.1 Å². The first-order chi connectivity index (χ1) is 16.9. The first-order valence-corrected chi connectivity index (χ1v) is 12.1. The summed E-state index contributed by atoms with van der Waals surface area (Å²) in [7, 11) is 0. The molecule has 3 aromatic carbocycles. The summed E-state index contributed by atoms with van der Waals surface area (Å²) in [6.07, 6.45) is 4.05. The quantitative estimate of drug-likeness (QED) is 0.553. The van der Waals surface area contributed by atoms with Crippen LogP contribution in [-0.4, -0.2) is 41.2 Å². The Balaban J connectivity index is 1.40. The summed E-state index contributed by atoms with van der Waals surface area (Å²) in [5, 5.41) is 4.85. The molecule has 1 N–H and O–H groups in total. The van der Waals surface area contributed by atoms with Gasteiger partial charge >= 0.3 is 0 Å². The molecule has 1 saturated carbocycles. The normalized spacial score (nSPS) is 16.1. The van der Waals surface area contributed by atoms with Crippen molar-refractivity contribution >= 4 is 34.2 Å². The molecule has 35 heavy (non-hydrogen) atoms. The van der Waals surface area contributed by atoms with Gasteiger partial charge in [0.2, 0.25) is 11.8 Å². The number of benzene rings is 3. The Kier molecular flexibility index (Phi) is 6.24. The van der Waals surface area contributed by atoms with Gasteiger partial charge < -0.3 is 10.2 Å². The molecule has 0 bridgehead atoms. The topological polar surface area (TPSA) is 69.7 Å². The Hall–Kier alpha value is -3.74. The third-order valence-corrected chi connectivity index (χ3v) is 7.08. The number of nitrogens with zero attached hydrogens (tertiary/aromatic N) is 2. The average Bonchev–Trinajstić information content (AvgIpc) is 3.47. The van der Waals surface area contributed by atoms with E-state index in [-0.39, 0.29) is 42.7 Å². The average molecular weight is 474 g/mol. The summed E-state index contributed by atoms with van der Waals surface area (Å²) in [5.41, 5.74) is 1.97. The van der Waals surface area contributed by atoms with E-state index in [2.05, 4.69) is 5.32 Å². The zero-order valence-corrected chi connectivity index (χ0v) is 19.7. The molecule has 1 atom stereocenters. The van der Waals surface area contributed by atoms with Crippen molar-refractivity contribution in [1.82, 2.24) is 10.2 Å². The Morgan fingerprint density at radius 1 is 1.06 bits per heavy atom. The van der Waals surface area contributed by atoms with Gasteiger partial charge in [-0.15, -0.1) is 0 Å². The molecule has 1 aliphatic heterocycles. The molecule has 0 saturated heterocycles. The maximum absolute atomic E-state index is 13.6. The van der Waals surface area contributed by atoms with Crippen molar-refractivity contribution in [2.45, 2.75) is 51.2 Å². The highest BCUT2D eigenvalue weighted by atomic mass is 19.1. The lowest BCUT2D eigenvalue weighted by Crippen LogP contribution is -2.52. The summed E-state index contributed by atoms with van der Waals surface area (Å²) in [5.74, 6) is -1.16. The fraction of sp³-hybridized carbons (Fsp3) is 0.321. The highest BCUT2D eigenvalue weighted by molar-refractivity contribution is 6.26. The van der Waals surface area contributed by atoms with Crippen LogP contribution in [0.4, 0.5) is 10.1 Å². The van der Waals surface area contributed by atoms with Crippen LogP contribution in [0.2, 0.25) is 0 Å². The van der Waals surface area contributed by atoms with Gasteiger partial charge in [0.15, 0.2) is 0 Å². The number of halogens is 1. The number of hydrogen-bond acceptors (Lipinski definition) is 3. The molecule has 1 heterocycles. The lowest BCUT2D eigenvalue weighted by atomic mass is 10.1. The Bertz CT molecular complexity index is 1280. The van der Waals surface area contributed by atoms with Crippen molar-refractivity contribution in [2.75, 3.05) is 11.4 Å². The molecule has 1 aliphatic carbocycles. The van der Waals surface area contributed by atoms with E-state index in [1.807, 2.05) is 30.3 Å². The maximum atomic E-state index is 13.6. The third-order valence-electron chi connectivity index (χ3n) is 7.08. The minimum Gasteiger partial charge on any atom is -0.352 e. The minimum absolute atomic E-state index is 0.125. The molecule has 2 aliphatic rings. The number of anilines is 1. The molecule has 7 heteroatoms. The minimum atomic E-state index is -0.746. The first-order valence-electron chi connectivity index (χ1n) is 12.1. The highest BCUT2D eigenvalue weighted by Crippen LogP contribution is 2.37. The zero-order chi connectivity index (χ0) is 24.5. The zero-order valence-electron chi connectivity index (χ0n) is 19.7. The molecular formula is C28H28FN3O3. The lowest BCUT2D eigenvalue weighted by molar-refractivity contribution is -0.139. The summed E-state index contributed by atoms with van der Waals surface area (Å²) >= 11 is 0. The second-order valence-corrected chi connectivity index (χ2v) is 9.39. The third kappa shape index (κ3) is 4.50. The number of carbonyl (C=O) groups is 3. The fourth-order valence-electron chi connectivity index (χ4n) is 5.12. The van der Waals surface area contributed by atoms with Gasteiger partial charge in [-0.25, -0.2) is 4.39 Å². The van der Waals surface area contributed by atoms with Gasteiger partial charge in [-0.3, -0.25) is 19.3 Å². The first kappa shape index (κ1) is 23.0. The van der Waals surface area contributed by atoms with Crippen molar-refractivity contribution in [2.24, 2.45) is 0 Å². The highest BCUT2D eigenvalue weighted by Gasteiger charge is 2.34. The second kappa shape index (κ2) is 9.49. The molecule has 3 amide bonds. The summed E-state index contributed by atoms with van der Waals surface area (Å²) < 4.78 is 13.5. The molecule has 3 aromatic rings. The largest absolute Gasteiger partial charge is 0.352 e. The molecule has 5 rings (SSSR count). The fourth-order valence-corrected chi connectivity index (χ4v) is 5.12. The van der Waals surface area contributed by atoms with Gasteiger partial charge in [-0.05, 0) is 55.0 Å². The van der Waals surface area contributed by atoms with E-state index in [1.54, 1.807) is 25.1 Å². The van der Waals surface area contributed by atoms with E-state index in [0.717, 1.165) is 36.5 Å². The van der Waals surface area contributed by atoms with Crippen LogP contribution in [0.15, 0.2) is 60.7 Å². The molecule has 0 spiro atoms. The smallest absolute Gasteiger partial charge is 0.259 e. The van der Waals surface area contributed by atoms with Crippen molar-refractivity contribution in [3.63, 3.8) is 0 Å². The maximum Gasteiger partial charge on any atom is 0.259 e. The van der Waals surface area contributed by atoms with Crippen LogP contribution in [0.5, 0.6) is 0 Å². The van der Waals surface area contributed by atoms with Crippen LogP contribution in [0.3, 0.4) is 0 Å². The van der Waals surface area contributed by atoms with Crippen molar-refractivity contribution < 1.29 is 18.8 Å². The Labute approximate surface area is 203 Å². The molecule has 0 unspecified atom stereocenters. The Morgan fingerprint density at radius 3 is 2.46 bits per heavy atom. The lowest BCUT2D eigenvalue weighted by Gasteiger charge is -2.31. The van der Waals surface area contributed by atoms with E-state index in [9.17, 15) is 18.8 Å². The van der Waals surface area contributed by atoms with Crippen LogP contribution in [0.1, 0.15) is 48.5 Å². The van der Waals surface area contributed by atoms with Gasteiger partial charge in [0.1, 0.15) is 18.4 Å². The van der Waals surface area contributed by atoms with E-state index in [0.29, 0.717) is 16.8 Å². The van der Waals surface area contributed by atoms with E-state index < -0.39 is 6.04 Å². The Morgan fingerprint density at radius 2 is 1.74 bits per heavy atom. The predicted octanol–water partition coefficient (Wildman–Crippen LogP) is 4.42. The number of carbonyl (C=O) groups excluding carboxylic acids is 3. The molecule has 6 nitrogen and oxygen atoms in total. The number of rotatable bonds is 7. The number of amides is 3. The number of hydrogen-bond donors (Lipinski definition) is 1.